The zero-order valence-electron chi connectivity index (χ0n) is 19.1. The lowest BCUT2D eigenvalue weighted by Crippen LogP contribution is -2.62. The summed E-state index contributed by atoms with van der Waals surface area (Å²) in [5.74, 6) is 0.648. The Kier molecular flexibility index (Phi) is 6.69. The molecule has 1 amide bonds. The second-order valence-corrected chi connectivity index (χ2v) is 9.01. The minimum atomic E-state index is -0.107. The van der Waals surface area contributed by atoms with Gasteiger partial charge in [-0.25, -0.2) is 4.98 Å². The van der Waals surface area contributed by atoms with Crippen LogP contribution in [0.4, 0.5) is 5.69 Å². The van der Waals surface area contributed by atoms with E-state index in [4.69, 9.17) is 0 Å². The van der Waals surface area contributed by atoms with Gasteiger partial charge in [0.1, 0.15) is 5.69 Å². The second-order valence-electron chi connectivity index (χ2n) is 9.01. The van der Waals surface area contributed by atoms with Crippen molar-refractivity contribution in [3.05, 3.63) is 52.9 Å². The van der Waals surface area contributed by atoms with E-state index >= 15 is 0 Å². The van der Waals surface area contributed by atoms with Crippen LogP contribution in [0.3, 0.4) is 0 Å². The number of carbonyl (C=O) groups is 1. The van der Waals surface area contributed by atoms with E-state index in [1.807, 2.05) is 43.0 Å². The Labute approximate surface area is 189 Å². The van der Waals surface area contributed by atoms with Crippen LogP contribution in [-0.4, -0.2) is 77.0 Å². The first-order valence-corrected chi connectivity index (χ1v) is 11.4. The highest BCUT2D eigenvalue weighted by molar-refractivity contribution is 5.88. The molecule has 2 aromatic rings. The van der Waals surface area contributed by atoms with E-state index in [9.17, 15) is 9.59 Å². The van der Waals surface area contributed by atoms with Crippen LogP contribution in [-0.2, 0) is 11.2 Å². The van der Waals surface area contributed by atoms with Gasteiger partial charge in [0, 0.05) is 50.2 Å². The summed E-state index contributed by atoms with van der Waals surface area (Å²) in [4.78, 5) is 43.1. The lowest BCUT2D eigenvalue weighted by molar-refractivity contribution is -0.130. The fourth-order valence-corrected chi connectivity index (χ4v) is 3.87. The number of amides is 1. The number of aromatic amines is 1. The smallest absolute Gasteiger partial charge is 0.271 e. The number of aromatic nitrogens is 3. The van der Waals surface area contributed by atoms with Crippen LogP contribution in [0.25, 0.3) is 11.3 Å². The summed E-state index contributed by atoms with van der Waals surface area (Å²) in [6, 6.07) is 2.07. The number of H-pyrrole nitrogens is 1. The normalized spacial score (nSPS) is 16.6. The predicted octanol–water partition coefficient (Wildman–Crippen LogP) is 1.94. The summed E-state index contributed by atoms with van der Waals surface area (Å²) in [5.41, 5.74) is 3.07. The Hall–Kier alpha value is -3.00. The van der Waals surface area contributed by atoms with Crippen molar-refractivity contribution in [2.75, 3.05) is 45.2 Å². The minimum absolute atomic E-state index is 0.0313. The second kappa shape index (κ2) is 9.65. The quantitative estimate of drug-likeness (QED) is 0.605. The molecule has 1 aliphatic heterocycles. The molecule has 3 heterocycles. The molecule has 0 atom stereocenters. The molecular formula is C24H32N6O2. The van der Waals surface area contributed by atoms with Crippen molar-refractivity contribution in [1.29, 1.82) is 0 Å². The van der Waals surface area contributed by atoms with Crippen molar-refractivity contribution in [2.45, 2.75) is 32.2 Å². The summed E-state index contributed by atoms with van der Waals surface area (Å²) in [7, 11) is 3.94. The zero-order chi connectivity index (χ0) is 22.7. The molecule has 1 saturated heterocycles. The molecule has 0 aromatic carbocycles. The van der Waals surface area contributed by atoms with E-state index in [1.54, 1.807) is 24.7 Å². The number of carbonyl (C=O) groups excluding carboxylic acids is 1. The summed E-state index contributed by atoms with van der Waals surface area (Å²) in [6.07, 6.45) is 11.9. The Balaban J connectivity index is 1.52. The van der Waals surface area contributed by atoms with E-state index in [1.165, 1.54) is 12.8 Å². The van der Waals surface area contributed by atoms with Crippen LogP contribution < -0.4 is 10.5 Å². The third kappa shape index (κ3) is 5.24. The lowest BCUT2D eigenvalue weighted by Gasteiger charge is -2.46. The average molecular weight is 437 g/mol. The Bertz CT molecular complexity index is 1040. The number of hydrogen-bond acceptors (Lipinski definition) is 6. The van der Waals surface area contributed by atoms with Gasteiger partial charge in [0.2, 0.25) is 5.91 Å². The SMILES string of the molecule is CCc1cncc(-c2c[nH]c(=O)c(N(CC3CC3)C3CN(C(=O)/C=C/CN(C)C)C3)c2)n1. The van der Waals surface area contributed by atoms with E-state index < -0.39 is 0 Å². The molecule has 0 radical (unpaired) electrons. The highest BCUT2D eigenvalue weighted by Gasteiger charge is 2.37. The molecule has 8 heteroatoms. The number of nitrogens with zero attached hydrogens (tertiary/aromatic N) is 5. The van der Waals surface area contributed by atoms with Crippen molar-refractivity contribution in [2.24, 2.45) is 5.92 Å². The van der Waals surface area contributed by atoms with Crippen LogP contribution in [0.15, 0.2) is 41.6 Å². The number of likely N-dealkylation sites (tertiary alicyclic amines) is 1. The molecule has 1 aliphatic carbocycles. The zero-order valence-corrected chi connectivity index (χ0v) is 19.1. The predicted molar refractivity (Wildman–Crippen MR) is 126 cm³/mol. The first-order valence-electron chi connectivity index (χ1n) is 11.4. The van der Waals surface area contributed by atoms with Gasteiger partial charge in [-0.3, -0.25) is 14.6 Å². The number of hydrogen-bond donors (Lipinski definition) is 1. The van der Waals surface area contributed by atoms with Gasteiger partial charge in [-0.15, -0.1) is 0 Å². The molecule has 2 aromatic heterocycles. The van der Waals surface area contributed by atoms with Crippen molar-refractivity contribution in [3.8, 4) is 11.3 Å². The lowest BCUT2D eigenvalue weighted by atomic mass is 10.0. The fourth-order valence-electron chi connectivity index (χ4n) is 3.87. The van der Waals surface area contributed by atoms with E-state index in [2.05, 4.69) is 19.9 Å². The topological polar surface area (TPSA) is 85.4 Å². The maximum Gasteiger partial charge on any atom is 0.271 e. The molecule has 8 nitrogen and oxygen atoms in total. The summed E-state index contributed by atoms with van der Waals surface area (Å²) >= 11 is 0. The maximum atomic E-state index is 12.8. The Morgan fingerprint density at radius 1 is 1.28 bits per heavy atom. The van der Waals surface area contributed by atoms with Crippen LogP contribution in [0.1, 0.15) is 25.5 Å². The van der Waals surface area contributed by atoms with Gasteiger partial charge >= 0.3 is 0 Å². The summed E-state index contributed by atoms with van der Waals surface area (Å²) in [6.45, 7) is 4.89. The van der Waals surface area contributed by atoms with E-state index in [0.29, 0.717) is 24.7 Å². The molecule has 2 fully saturated rings. The molecule has 1 saturated carbocycles. The van der Waals surface area contributed by atoms with Gasteiger partial charge in [0.15, 0.2) is 0 Å². The first-order chi connectivity index (χ1) is 15.4. The fraction of sp³-hybridized carbons (Fsp3) is 0.500. The number of rotatable bonds is 9. The number of aryl methyl sites for hydroxylation is 1. The Morgan fingerprint density at radius 3 is 2.75 bits per heavy atom. The highest BCUT2D eigenvalue weighted by atomic mass is 16.2. The number of pyridine rings is 1. The number of likely N-dealkylation sites (N-methyl/N-ethyl adjacent to an activating group) is 1. The van der Waals surface area contributed by atoms with Crippen molar-refractivity contribution < 1.29 is 4.79 Å². The van der Waals surface area contributed by atoms with Gasteiger partial charge < -0.3 is 19.7 Å². The summed E-state index contributed by atoms with van der Waals surface area (Å²) in [5, 5.41) is 0. The third-order valence-electron chi connectivity index (χ3n) is 6.03. The number of anilines is 1. The molecule has 0 spiro atoms. The van der Waals surface area contributed by atoms with Gasteiger partial charge in [-0.2, -0.15) is 0 Å². The standard InChI is InChI=1S/C24H32N6O2/c1-4-19-12-25-13-21(27-19)18-10-22(24(32)26-11-18)30(14-17-7-8-17)20-15-29(16-20)23(31)6-5-9-28(2)3/h5-6,10-13,17,20H,4,7-9,14-16H2,1-3H3,(H,26,32)/b6-5+. The Morgan fingerprint density at radius 2 is 2.06 bits per heavy atom. The third-order valence-corrected chi connectivity index (χ3v) is 6.03. The molecule has 1 N–H and O–H groups in total. The average Bonchev–Trinajstić information content (AvgIpc) is 3.56. The first kappa shape index (κ1) is 22.2. The number of nitrogens with one attached hydrogen (secondary N) is 1. The van der Waals surface area contributed by atoms with Crippen LogP contribution in [0.5, 0.6) is 0 Å². The molecule has 0 unspecified atom stereocenters. The monoisotopic (exact) mass is 436 g/mol. The summed E-state index contributed by atoms with van der Waals surface area (Å²) < 4.78 is 0. The van der Waals surface area contributed by atoms with Crippen LogP contribution in [0, 0.1) is 5.92 Å². The molecule has 4 rings (SSSR count). The molecule has 0 bridgehead atoms. The molecule has 32 heavy (non-hydrogen) atoms. The van der Waals surface area contributed by atoms with E-state index in [-0.39, 0.29) is 17.5 Å². The van der Waals surface area contributed by atoms with Gasteiger partial charge in [-0.1, -0.05) is 13.0 Å². The maximum absolute atomic E-state index is 12.8. The molecular weight excluding hydrogens is 404 g/mol. The largest absolute Gasteiger partial charge is 0.360 e. The van der Waals surface area contributed by atoms with Gasteiger partial charge in [0.05, 0.1) is 23.6 Å². The minimum Gasteiger partial charge on any atom is -0.360 e. The van der Waals surface area contributed by atoms with Crippen LogP contribution in [0.2, 0.25) is 0 Å². The van der Waals surface area contributed by atoms with Crippen molar-refractivity contribution in [1.82, 2.24) is 24.8 Å². The van der Waals surface area contributed by atoms with Crippen molar-refractivity contribution in [3.63, 3.8) is 0 Å². The van der Waals surface area contributed by atoms with Crippen molar-refractivity contribution >= 4 is 11.6 Å². The molecule has 170 valence electrons. The molecule has 2 aliphatic rings. The highest BCUT2D eigenvalue weighted by Crippen LogP contribution is 2.33. The van der Waals surface area contributed by atoms with E-state index in [0.717, 1.165) is 36.5 Å². The van der Waals surface area contributed by atoms with Gasteiger partial charge in [-0.05, 0) is 45.3 Å². The van der Waals surface area contributed by atoms with Crippen LogP contribution >= 0.6 is 0 Å². The van der Waals surface area contributed by atoms with Gasteiger partial charge in [0.25, 0.3) is 5.56 Å².